The van der Waals surface area contributed by atoms with Crippen LogP contribution in [0.25, 0.3) is 0 Å². The summed E-state index contributed by atoms with van der Waals surface area (Å²) in [7, 11) is 1.90. The number of nitrogens with one attached hydrogen (secondary N) is 1. The summed E-state index contributed by atoms with van der Waals surface area (Å²) in [4.78, 5) is 12.6. The maximum absolute atomic E-state index is 12.6. The van der Waals surface area contributed by atoms with Crippen LogP contribution in [0.4, 0.5) is 0 Å². The van der Waals surface area contributed by atoms with Gasteiger partial charge < -0.3 is 5.32 Å². The molecule has 19 heavy (non-hydrogen) atoms. The fourth-order valence-corrected chi connectivity index (χ4v) is 2.16. The average Bonchev–Trinajstić information content (AvgIpc) is 2.41. The van der Waals surface area contributed by atoms with Crippen LogP contribution in [-0.2, 0) is 6.54 Å². The number of hydrogen-bond donors (Lipinski definition) is 1. The van der Waals surface area contributed by atoms with Gasteiger partial charge in [0.2, 0.25) is 0 Å². The van der Waals surface area contributed by atoms with Gasteiger partial charge in [0.25, 0.3) is 0 Å². The Labute approximate surface area is 114 Å². The van der Waals surface area contributed by atoms with Crippen LogP contribution in [0.2, 0.25) is 0 Å². The van der Waals surface area contributed by atoms with Crippen molar-refractivity contribution in [3.05, 3.63) is 70.3 Å². The zero-order chi connectivity index (χ0) is 13.8. The highest BCUT2D eigenvalue weighted by Crippen LogP contribution is 2.17. The summed E-state index contributed by atoms with van der Waals surface area (Å²) in [5, 5.41) is 3.10. The van der Waals surface area contributed by atoms with Gasteiger partial charge in [-0.3, -0.25) is 4.79 Å². The number of ketones is 1. The predicted molar refractivity (Wildman–Crippen MR) is 78.6 cm³/mol. The molecule has 0 heterocycles. The minimum atomic E-state index is 0.0964. The highest BCUT2D eigenvalue weighted by molar-refractivity contribution is 6.10. The molecule has 2 aromatic carbocycles. The lowest BCUT2D eigenvalue weighted by molar-refractivity contribution is 0.103. The Hall–Kier alpha value is -1.93. The Morgan fingerprint density at radius 3 is 2.63 bits per heavy atom. The molecule has 0 aliphatic heterocycles. The summed E-state index contributed by atoms with van der Waals surface area (Å²) < 4.78 is 0. The van der Waals surface area contributed by atoms with Crippen molar-refractivity contribution in [2.45, 2.75) is 20.4 Å². The molecule has 0 aliphatic carbocycles. The Bertz CT molecular complexity index is 602. The topological polar surface area (TPSA) is 29.1 Å². The third-order valence-electron chi connectivity index (χ3n) is 3.21. The van der Waals surface area contributed by atoms with E-state index in [0.717, 1.165) is 34.4 Å². The standard InChI is InChI=1S/C17H19NO/c1-12-7-8-13(2)16(9-12)17(19)15-6-4-5-14(10-15)11-18-3/h4-10,18H,11H2,1-3H3. The van der Waals surface area contributed by atoms with E-state index in [1.54, 1.807) is 0 Å². The molecule has 0 radical (unpaired) electrons. The Kier molecular flexibility index (Phi) is 4.13. The molecule has 2 nitrogen and oxygen atoms in total. The third-order valence-corrected chi connectivity index (χ3v) is 3.21. The Morgan fingerprint density at radius 2 is 1.89 bits per heavy atom. The fourth-order valence-electron chi connectivity index (χ4n) is 2.16. The number of benzene rings is 2. The summed E-state index contributed by atoms with van der Waals surface area (Å²) in [5.41, 5.74) is 4.80. The van der Waals surface area contributed by atoms with E-state index in [-0.39, 0.29) is 5.78 Å². The van der Waals surface area contributed by atoms with E-state index in [1.165, 1.54) is 0 Å². The largest absolute Gasteiger partial charge is 0.316 e. The van der Waals surface area contributed by atoms with Crippen LogP contribution in [0.3, 0.4) is 0 Å². The minimum absolute atomic E-state index is 0.0964. The predicted octanol–water partition coefficient (Wildman–Crippen LogP) is 3.25. The lowest BCUT2D eigenvalue weighted by Crippen LogP contribution is -2.08. The highest BCUT2D eigenvalue weighted by atomic mass is 16.1. The average molecular weight is 253 g/mol. The SMILES string of the molecule is CNCc1cccc(C(=O)c2cc(C)ccc2C)c1. The van der Waals surface area contributed by atoms with Crippen LogP contribution in [0.15, 0.2) is 42.5 Å². The molecule has 2 heteroatoms. The van der Waals surface area contributed by atoms with E-state index in [4.69, 9.17) is 0 Å². The van der Waals surface area contributed by atoms with Crippen molar-refractivity contribution < 1.29 is 4.79 Å². The third kappa shape index (κ3) is 3.09. The Balaban J connectivity index is 2.38. The van der Waals surface area contributed by atoms with Gasteiger partial charge in [0.1, 0.15) is 0 Å². The molecular weight excluding hydrogens is 234 g/mol. The molecule has 0 atom stereocenters. The number of aryl methyl sites for hydroxylation is 2. The number of carbonyl (C=O) groups excluding carboxylic acids is 1. The van der Waals surface area contributed by atoms with Crippen molar-refractivity contribution in [3.63, 3.8) is 0 Å². The smallest absolute Gasteiger partial charge is 0.193 e. The van der Waals surface area contributed by atoms with E-state index < -0.39 is 0 Å². The number of carbonyl (C=O) groups is 1. The molecule has 1 N–H and O–H groups in total. The molecule has 0 unspecified atom stereocenters. The molecule has 0 saturated carbocycles. The summed E-state index contributed by atoms with van der Waals surface area (Å²) in [6.45, 7) is 4.76. The van der Waals surface area contributed by atoms with E-state index in [2.05, 4.69) is 5.32 Å². The van der Waals surface area contributed by atoms with E-state index in [9.17, 15) is 4.79 Å². The second kappa shape index (κ2) is 5.81. The van der Waals surface area contributed by atoms with Gasteiger partial charge in [-0.2, -0.15) is 0 Å². The van der Waals surface area contributed by atoms with Crippen LogP contribution < -0.4 is 5.32 Å². The van der Waals surface area contributed by atoms with Gasteiger partial charge >= 0.3 is 0 Å². The van der Waals surface area contributed by atoms with Crippen molar-refractivity contribution in [2.75, 3.05) is 7.05 Å². The zero-order valence-corrected chi connectivity index (χ0v) is 11.7. The van der Waals surface area contributed by atoms with Crippen molar-refractivity contribution in [1.82, 2.24) is 5.32 Å². The van der Waals surface area contributed by atoms with Gasteiger partial charge in [-0.15, -0.1) is 0 Å². The summed E-state index contributed by atoms with van der Waals surface area (Å²) in [6.07, 6.45) is 0. The van der Waals surface area contributed by atoms with Crippen molar-refractivity contribution in [1.29, 1.82) is 0 Å². The zero-order valence-electron chi connectivity index (χ0n) is 11.7. The molecule has 0 amide bonds. The molecule has 2 aromatic rings. The van der Waals surface area contributed by atoms with Gasteiger partial charge in [0.05, 0.1) is 0 Å². The van der Waals surface area contributed by atoms with E-state index >= 15 is 0 Å². The van der Waals surface area contributed by atoms with Gasteiger partial charge in [0, 0.05) is 17.7 Å². The first-order valence-corrected chi connectivity index (χ1v) is 6.47. The van der Waals surface area contributed by atoms with Gasteiger partial charge in [-0.1, -0.05) is 35.9 Å². The van der Waals surface area contributed by atoms with Crippen LogP contribution in [0.5, 0.6) is 0 Å². The molecule has 0 bridgehead atoms. The first kappa shape index (κ1) is 13.5. The number of hydrogen-bond acceptors (Lipinski definition) is 2. The highest BCUT2D eigenvalue weighted by Gasteiger charge is 2.12. The summed E-state index contributed by atoms with van der Waals surface area (Å²) in [6, 6.07) is 13.8. The van der Waals surface area contributed by atoms with E-state index in [0.29, 0.717) is 0 Å². The lowest BCUT2D eigenvalue weighted by Gasteiger charge is -2.08. The van der Waals surface area contributed by atoms with Crippen molar-refractivity contribution in [2.24, 2.45) is 0 Å². The molecular formula is C17H19NO. The molecule has 0 saturated heterocycles. The monoisotopic (exact) mass is 253 g/mol. The molecule has 98 valence electrons. The van der Waals surface area contributed by atoms with Gasteiger partial charge in [0.15, 0.2) is 5.78 Å². The molecule has 0 aromatic heterocycles. The van der Waals surface area contributed by atoms with E-state index in [1.807, 2.05) is 63.4 Å². The molecule has 0 fully saturated rings. The Morgan fingerprint density at radius 1 is 1.11 bits per heavy atom. The van der Waals surface area contributed by atoms with Crippen molar-refractivity contribution in [3.8, 4) is 0 Å². The molecule has 0 aliphatic rings. The second-order valence-corrected chi connectivity index (χ2v) is 4.88. The maximum Gasteiger partial charge on any atom is 0.193 e. The van der Waals surface area contributed by atoms with Crippen LogP contribution in [-0.4, -0.2) is 12.8 Å². The summed E-state index contributed by atoms with van der Waals surface area (Å²) >= 11 is 0. The van der Waals surface area contributed by atoms with Crippen LogP contribution in [0.1, 0.15) is 32.6 Å². The van der Waals surface area contributed by atoms with Crippen LogP contribution in [0, 0.1) is 13.8 Å². The fraction of sp³-hybridized carbons (Fsp3) is 0.235. The lowest BCUT2D eigenvalue weighted by atomic mass is 9.96. The van der Waals surface area contributed by atoms with Gasteiger partial charge in [-0.05, 0) is 44.2 Å². The van der Waals surface area contributed by atoms with Crippen LogP contribution >= 0.6 is 0 Å². The number of rotatable bonds is 4. The normalized spacial score (nSPS) is 10.5. The first-order valence-electron chi connectivity index (χ1n) is 6.47. The maximum atomic E-state index is 12.6. The van der Waals surface area contributed by atoms with Gasteiger partial charge in [-0.25, -0.2) is 0 Å². The second-order valence-electron chi connectivity index (χ2n) is 4.88. The summed E-state index contributed by atoms with van der Waals surface area (Å²) in [5.74, 6) is 0.0964. The molecule has 0 spiro atoms. The molecule has 2 rings (SSSR count). The minimum Gasteiger partial charge on any atom is -0.316 e. The first-order chi connectivity index (χ1) is 9.11. The quantitative estimate of drug-likeness (QED) is 0.847. The van der Waals surface area contributed by atoms with Crippen molar-refractivity contribution >= 4 is 5.78 Å².